The number of nitrogens with two attached hydrogens (primary N) is 2. The van der Waals surface area contributed by atoms with Gasteiger partial charge in [0.25, 0.3) is 0 Å². The third-order valence-electron chi connectivity index (χ3n) is 4.42. The van der Waals surface area contributed by atoms with Crippen LogP contribution in [0, 0.1) is 0 Å². The Morgan fingerprint density at radius 3 is 2.79 bits per heavy atom. The van der Waals surface area contributed by atoms with E-state index in [1.165, 1.54) is 6.07 Å². The predicted octanol–water partition coefficient (Wildman–Crippen LogP) is 2.25. The highest BCUT2D eigenvalue weighted by molar-refractivity contribution is 5.96. The first kappa shape index (κ1) is 19.3. The van der Waals surface area contributed by atoms with Gasteiger partial charge in [-0.3, -0.25) is 4.79 Å². The van der Waals surface area contributed by atoms with Crippen molar-refractivity contribution < 1.29 is 19.1 Å². The van der Waals surface area contributed by atoms with Crippen molar-refractivity contribution in [1.29, 1.82) is 0 Å². The number of anilines is 2. The summed E-state index contributed by atoms with van der Waals surface area (Å²) in [5.41, 5.74) is 13.7. The highest BCUT2D eigenvalue weighted by atomic mass is 16.5. The summed E-state index contributed by atoms with van der Waals surface area (Å²) in [4.78, 5) is 23.0. The van der Waals surface area contributed by atoms with Gasteiger partial charge in [0.15, 0.2) is 0 Å². The van der Waals surface area contributed by atoms with Crippen molar-refractivity contribution in [2.75, 3.05) is 24.3 Å². The van der Waals surface area contributed by atoms with E-state index >= 15 is 0 Å². The molecule has 1 aliphatic rings. The van der Waals surface area contributed by atoms with E-state index < -0.39 is 12.0 Å². The van der Waals surface area contributed by atoms with Gasteiger partial charge in [-0.1, -0.05) is 30.3 Å². The Hall–Kier alpha value is -3.42. The van der Waals surface area contributed by atoms with Crippen LogP contribution in [0.25, 0.3) is 0 Å². The summed E-state index contributed by atoms with van der Waals surface area (Å²) in [7, 11) is 0. The molecule has 0 unspecified atom stereocenters. The van der Waals surface area contributed by atoms with Crippen LogP contribution in [0.5, 0.6) is 5.75 Å². The minimum Gasteiger partial charge on any atom is -0.489 e. The third-order valence-corrected chi connectivity index (χ3v) is 4.42. The molecule has 1 heterocycles. The molecular formula is C20H24N4O4. The first-order valence-corrected chi connectivity index (χ1v) is 9.10. The maximum atomic E-state index is 11.7. The molecule has 2 aromatic carbocycles. The van der Waals surface area contributed by atoms with Gasteiger partial charge < -0.3 is 31.6 Å². The topological polar surface area (TPSA) is 129 Å². The van der Waals surface area contributed by atoms with Gasteiger partial charge in [0.2, 0.25) is 5.91 Å². The summed E-state index contributed by atoms with van der Waals surface area (Å²) in [6, 6.07) is 12.8. The fourth-order valence-corrected chi connectivity index (χ4v) is 2.95. The van der Waals surface area contributed by atoms with Crippen LogP contribution < -0.4 is 26.8 Å². The number of benzene rings is 2. The lowest BCUT2D eigenvalue weighted by molar-refractivity contribution is 0.0999. The summed E-state index contributed by atoms with van der Waals surface area (Å²) >= 11 is 0. The smallest absolute Gasteiger partial charge is 0.407 e. The first-order valence-electron chi connectivity index (χ1n) is 9.10. The molecule has 8 nitrogen and oxygen atoms in total. The number of hydrogen-bond donors (Lipinski definition) is 4. The van der Waals surface area contributed by atoms with E-state index in [4.69, 9.17) is 20.9 Å². The Labute approximate surface area is 163 Å². The van der Waals surface area contributed by atoms with Crippen LogP contribution in [0.4, 0.5) is 16.2 Å². The molecule has 0 saturated carbocycles. The number of carbonyl (C=O) groups excluding carboxylic acids is 2. The fourth-order valence-electron chi connectivity index (χ4n) is 2.95. The average Bonchev–Trinajstić information content (AvgIpc) is 2.70. The molecule has 1 atom stereocenters. The Balaban J connectivity index is 1.39. The number of amides is 2. The molecule has 0 radical (unpaired) electrons. The van der Waals surface area contributed by atoms with Crippen LogP contribution >= 0.6 is 0 Å². The Morgan fingerprint density at radius 2 is 2.04 bits per heavy atom. The van der Waals surface area contributed by atoms with E-state index in [2.05, 4.69) is 10.6 Å². The molecule has 0 fully saturated rings. The quantitative estimate of drug-likeness (QED) is 0.428. The second-order valence-corrected chi connectivity index (χ2v) is 6.57. The lowest BCUT2D eigenvalue weighted by atomic mass is 10.1. The number of alkyl carbamates (subject to hydrolysis) is 1. The molecule has 2 aromatic rings. The van der Waals surface area contributed by atoms with Crippen molar-refractivity contribution in [2.24, 2.45) is 5.73 Å². The minimum absolute atomic E-state index is 0.0326. The van der Waals surface area contributed by atoms with Crippen LogP contribution in [0.3, 0.4) is 0 Å². The van der Waals surface area contributed by atoms with E-state index in [0.717, 1.165) is 12.0 Å². The van der Waals surface area contributed by atoms with E-state index in [1.54, 1.807) is 6.07 Å². The Morgan fingerprint density at radius 1 is 1.25 bits per heavy atom. The molecule has 2 amide bonds. The lowest BCUT2D eigenvalue weighted by Crippen LogP contribution is -2.32. The minimum atomic E-state index is -0.553. The summed E-state index contributed by atoms with van der Waals surface area (Å²) in [5.74, 6) is -0.0375. The molecule has 0 aliphatic carbocycles. The van der Waals surface area contributed by atoms with E-state index in [1.807, 2.05) is 30.3 Å². The van der Waals surface area contributed by atoms with Crippen molar-refractivity contribution in [3.05, 3.63) is 53.6 Å². The first-order chi connectivity index (χ1) is 13.5. The molecule has 3 rings (SSSR count). The number of nitrogen functional groups attached to an aromatic ring is 1. The molecule has 0 saturated heterocycles. The zero-order chi connectivity index (χ0) is 19.9. The predicted molar refractivity (Wildman–Crippen MR) is 106 cm³/mol. The molecular weight excluding hydrogens is 360 g/mol. The van der Waals surface area contributed by atoms with E-state index in [-0.39, 0.29) is 6.04 Å². The van der Waals surface area contributed by atoms with Gasteiger partial charge in [-0.05, 0) is 30.5 Å². The number of ether oxygens (including phenoxy) is 2. The van der Waals surface area contributed by atoms with Gasteiger partial charge in [0, 0.05) is 12.1 Å². The molecule has 0 spiro atoms. The lowest BCUT2D eigenvalue weighted by Gasteiger charge is -2.28. The maximum absolute atomic E-state index is 11.7. The summed E-state index contributed by atoms with van der Waals surface area (Å²) in [6.45, 7) is 1.16. The number of rotatable bonds is 7. The largest absolute Gasteiger partial charge is 0.489 e. The molecule has 28 heavy (non-hydrogen) atoms. The molecule has 8 heteroatoms. The highest BCUT2D eigenvalue weighted by Crippen LogP contribution is 2.36. The monoisotopic (exact) mass is 384 g/mol. The number of hydrogen-bond acceptors (Lipinski definition) is 6. The van der Waals surface area contributed by atoms with Crippen molar-refractivity contribution in [3.63, 3.8) is 0 Å². The Kier molecular flexibility index (Phi) is 6.21. The Bertz CT molecular complexity index is 842. The molecule has 0 bridgehead atoms. The SMILES string of the molecule is NC(=O)c1cc(N)c2c(c1)OC[C@H](CCCOC(=O)NCc1ccccc1)N2. The van der Waals surface area contributed by atoms with E-state index in [0.29, 0.717) is 48.9 Å². The van der Waals surface area contributed by atoms with Gasteiger partial charge >= 0.3 is 6.09 Å². The zero-order valence-corrected chi connectivity index (χ0v) is 15.4. The van der Waals surface area contributed by atoms with Crippen molar-refractivity contribution in [2.45, 2.75) is 25.4 Å². The van der Waals surface area contributed by atoms with Crippen LogP contribution in [0.15, 0.2) is 42.5 Å². The zero-order valence-electron chi connectivity index (χ0n) is 15.4. The van der Waals surface area contributed by atoms with Crippen molar-refractivity contribution >= 4 is 23.4 Å². The van der Waals surface area contributed by atoms with Gasteiger partial charge in [-0.2, -0.15) is 0 Å². The average molecular weight is 384 g/mol. The normalized spacial score (nSPS) is 14.9. The van der Waals surface area contributed by atoms with Crippen LogP contribution in [0.2, 0.25) is 0 Å². The van der Waals surface area contributed by atoms with Crippen LogP contribution in [0.1, 0.15) is 28.8 Å². The van der Waals surface area contributed by atoms with Gasteiger partial charge in [0.1, 0.15) is 18.0 Å². The van der Waals surface area contributed by atoms with Crippen LogP contribution in [-0.4, -0.2) is 31.3 Å². The highest BCUT2D eigenvalue weighted by Gasteiger charge is 2.22. The number of nitrogens with one attached hydrogen (secondary N) is 2. The maximum Gasteiger partial charge on any atom is 0.407 e. The van der Waals surface area contributed by atoms with Crippen molar-refractivity contribution in [3.8, 4) is 5.75 Å². The van der Waals surface area contributed by atoms with Crippen LogP contribution in [-0.2, 0) is 11.3 Å². The number of fused-ring (bicyclic) bond motifs is 1. The third kappa shape index (κ3) is 5.06. The molecule has 6 N–H and O–H groups in total. The molecule has 148 valence electrons. The van der Waals surface area contributed by atoms with Crippen molar-refractivity contribution in [1.82, 2.24) is 5.32 Å². The van der Waals surface area contributed by atoms with Gasteiger partial charge in [-0.15, -0.1) is 0 Å². The van der Waals surface area contributed by atoms with Gasteiger partial charge in [-0.25, -0.2) is 4.79 Å². The molecule has 1 aliphatic heterocycles. The molecule has 0 aromatic heterocycles. The summed E-state index contributed by atoms with van der Waals surface area (Å²) < 4.78 is 10.9. The number of primary amides is 1. The second kappa shape index (κ2) is 8.98. The summed E-state index contributed by atoms with van der Waals surface area (Å²) in [6.07, 6.45) is 0.974. The second-order valence-electron chi connectivity index (χ2n) is 6.57. The summed E-state index contributed by atoms with van der Waals surface area (Å²) in [5, 5.41) is 6.02. The fraction of sp³-hybridized carbons (Fsp3) is 0.300. The standard InChI is InChI=1S/C20H24N4O4/c21-16-9-14(19(22)25)10-17-18(16)24-15(12-28-17)7-4-8-27-20(26)23-11-13-5-2-1-3-6-13/h1-3,5-6,9-10,15,24H,4,7-8,11-12,21H2,(H2,22,25)(H,23,26)/t15-/m0/s1. The van der Waals surface area contributed by atoms with E-state index in [9.17, 15) is 9.59 Å². The van der Waals surface area contributed by atoms with Gasteiger partial charge in [0.05, 0.1) is 18.3 Å². The number of carbonyl (C=O) groups is 2.